The first kappa shape index (κ1) is 10.9. The molecule has 1 aromatic carbocycles. The van der Waals surface area contributed by atoms with E-state index in [1.807, 2.05) is 0 Å². The Balaban J connectivity index is 2.11. The highest BCUT2D eigenvalue weighted by Crippen LogP contribution is 2.42. The Morgan fingerprint density at radius 2 is 1.75 bits per heavy atom. The van der Waals surface area contributed by atoms with Gasteiger partial charge >= 0.3 is 0 Å². The van der Waals surface area contributed by atoms with E-state index in [4.69, 9.17) is 9.84 Å². The third-order valence-electron chi connectivity index (χ3n) is 2.67. The quantitative estimate of drug-likeness (QED) is 0.563. The minimum atomic E-state index is -0.536. The summed E-state index contributed by atoms with van der Waals surface area (Å²) in [4.78, 5) is 0. The smallest absolute Gasteiger partial charge is 0.204 e. The third kappa shape index (κ3) is 2.14. The molecule has 1 saturated heterocycles. The molecule has 1 fully saturated rings. The van der Waals surface area contributed by atoms with Crippen LogP contribution >= 0.6 is 0 Å². The Kier molecular flexibility index (Phi) is 3.05. The van der Waals surface area contributed by atoms with Gasteiger partial charge in [-0.2, -0.15) is 0 Å². The zero-order chi connectivity index (χ0) is 11.5. The average Bonchev–Trinajstić information content (AvgIpc) is 2.31. The second-order valence-electron chi connectivity index (χ2n) is 3.85. The van der Waals surface area contributed by atoms with Crippen molar-refractivity contribution in [2.75, 3.05) is 13.1 Å². The van der Waals surface area contributed by atoms with Gasteiger partial charge in [0.25, 0.3) is 0 Å². The summed E-state index contributed by atoms with van der Waals surface area (Å²) in [7, 11) is 0. The second-order valence-corrected chi connectivity index (χ2v) is 3.85. The zero-order valence-corrected chi connectivity index (χ0v) is 8.81. The molecule has 0 aromatic heterocycles. The Bertz CT molecular complexity index is 374. The summed E-state index contributed by atoms with van der Waals surface area (Å²) in [6.45, 7) is 1.77. The Morgan fingerprint density at radius 1 is 1.06 bits per heavy atom. The number of nitrogens with one attached hydrogen (secondary N) is 1. The number of ether oxygens (including phenoxy) is 1. The fourth-order valence-electron chi connectivity index (χ4n) is 1.74. The molecule has 16 heavy (non-hydrogen) atoms. The molecule has 0 aliphatic carbocycles. The molecular formula is C11H15NO4. The van der Waals surface area contributed by atoms with Crippen LogP contribution in [0.5, 0.6) is 23.0 Å². The lowest BCUT2D eigenvalue weighted by Crippen LogP contribution is -2.34. The maximum absolute atomic E-state index is 9.56. The van der Waals surface area contributed by atoms with E-state index in [2.05, 4.69) is 5.32 Å². The number of piperidine rings is 1. The molecule has 0 radical (unpaired) electrons. The summed E-state index contributed by atoms with van der Waals surface area (Å²) in [5.74, 6) is -1.08. The van der Waals surface area contributed by atoms with Crippen LogP contribution in [0, 0.1) is 0 Å². The molecule has 5 nitrogen and oxygen atoms in total. The first-order valence-electron chi connectivity index (χ1n) is 5.29. The normalized spacial score (nSPS) is 17.2. The molecule has 4 N–H and O–H groups in total. The van der Waals surface area contributed by atoms with Crippen LogP contribution in [-0.4, -0.2) is 34.5 Å². The SMILES string of the molecule is Oc1ccc(OC2CCNCC2)c(O)c1O. The summed E-state index contributed by atoms with van der Waals surface area (Å²) in [5.41, 5.74) is 0. The Hall–Kier alpha value is -1.62. The van der Waals surface area contributed by atoms with E-state index < -0.39 is 11.5 Å². The highest BCUT2D eigenvalue weighted by Gasteiger charge is 2.18. The van der Waals surface area contributed by atoms with Gasteiger partial charge in [0.2, 0.25) is 11.5 Å². The van der Waals surface area contributed by atoms with E-state index in [0.29, 0.717) is 0 Å². The number of rotatable bonds is 2. The van der Waals surface area contributed by atoms with Crippen LogP contribution in [0.2, 0.25) is 0 Å². The van der Waals surface area contributed by atoms with Gasteiger partial charge in [0, 0.05) is 0 Å². The van der Waals surface area contributed by atoms with Crippen molar-refractivity contribution in [3.05, 3.63) is 12.1 Å². The fraction of sp³-hybridized carbons (Fsp3) is 0.455. The van der Waals surface area contributed by atoms with Gasteiger partial charge in [0.1, 0.15) is 6.10 Å². The van der Waals surface area contributed by atoms with Crippen LogP contribution in [0.1, 0.15) is 12.8 Å². The van der Waals surface area contributed by atoms with Crippen LogP contribution in [0.4, 0.5) is 0 Å². The van der Waals surface area contributed by atoms with Crippen molar-refractivity contribution in [3.8, 4) is 23.0 Å². The van der Waals surface area contributed by atoms with Crippen LogP contribution in [0.3, 0.4) is 0 Å². The van der Waals surface area contributed by atoms with Gasteiger partial charge in [0.05, 0.1) is 0 Å². The van der Waals surface area contributed by atoms with Crippen molar-refractivity contribution in [2.24, 2.45) is 0 Å². The van der Waals surface area contributed by atoms with Crippen molar-refractivity contribution in [1.29, 1.82) is 0 Å². The molecule has 1 aromatic rings. The summed E-state index contributed by atoms with van der Waals surface area (Å²) in [5, 5.41) is 31.2. The van der Waals surface area contributed by atoms with Gasteiger partial charge in [-0.15, -0.1) is 0 Å². The van der Waals surface area contributed by atoms with Crippen LogP contribution < -0.4 is 10.1 Å². The lowest BCUT2D eigenvalue weighted by Gasteiger charge is -2.24. The molecule has 0 amide bonds. The monoisotopic (exact) mass is 225 g/mol. The predicted octanol–water partition coefficient (Wildman–Crippen LogP) is 0.934. The number of phenolic OH excluding ortho intramolecular Hbond substituents is 3. The Morgan fingerprint density at radius 3 is 2.44 bits per heavy atom. The first-order valence-corrected chi connectivity index (χ1v) is 5.29. The lowest BCUT2D eigenvalue weighted by atomic mass is 10.1. The first-order chi connectivity index (χ1) is 7.68. The number of phenols is 3. The molecule has 1 heterocycles. The van der Waals surface area contributed by atoms with Gasteiger partial charge in [-0.05, 0) is 38.1 Å². The summed E-state index contributed by atoms with van der Waals surface area (Å²) >= 11 is 0. The van der Waals surface area contributed by atoms with Crippen molar-refractivity contribution >= 4 is 0 Å². The van der Waals surface area contributed by atoms with Crippen molar-refractivity contribution < 1.29 is 20.1 Å². The number of hydrogen-bond acceptors (Lipinski definition) is 5. The van der Waals surface area contributed by atoms with E-state index in [9.17, 15) is 10.2 Å². The predicted molar refractivity (Wildman–Crippen MR) is 58.0 cm³/mol. The summed E-state index contributed by atoms with van der Waals surface area (Å²) < 4.78 is 5.56. The van der Waals surface area contributed by atoms with Gasteiger partial charge < -0.3 is 25.4 Å². The minimum absolute atomic E-state index is 0.0380. The molecule has 1 aliphatic rings. The fourth-order valence-corrected chi connectivity index (χ4v) is 1.74. The highest BCUT2D eigenvalue weighted by atomic mass is 16.5. The molecule has 0 spiro atoms. The van der Waals surface area contributed by atoms with Gasteiger partial charge in [-0.25, -0.2) is 0 Å². The maximum Gasteiger partial charge on any atom is 0.204 e. The molecule has 88 valence electrons. The molecule has 0 saturated carbocycles. The van der Waals surface area contributed by atoms with Crippen molar-refractivity contribution in [2.45, 2.75) is 18.9 Å². The summed E-state index contributed by atoms with van der Waals surface area (Å²) in [6, 6.07) is 2.75. The average molecular weight is 225 g/mol. The van der Waals surface area contributed by atoms with Gasteiger partial charge in [-0.3, -0.25) is 0 Å². The number of aromatic hydroxyl groups is 3. The van der Waals surface area contributed by atoms with E-state index in [0.717, 1.165) is 25.9 Å². The Labute approximate surface area is 93.3 Å². The third-order valence-corrected chi connectivity index (χ3v) is 2.67. The van der Waals surface area contributed by atoms with Crippen LogP contribution in [-0.2, 0) is 0 Å². The highest BCUT2D eigenvalue weighted by molar-refractivity contribution is 5.56. The molecule has 0 bridgehead atoms. The van der Waals surface area contributed by atoms with E-state index in [1.165, 1.54) is 12.1 Å². The van der Waals surface area contributed by atoms with E-state index >= 15 is 0 Å². The van der Waals surface area contributed by atoms with Crippen LogP contribution in [0.15, 0.2) is 12.1 Å². The van der Waals surface area contributed by atoms with E-state index in [1.54, 1.807) is 0 Å². The van der Waals surface area contributed by atoms with Crippen molar-refractivity contribution in [1.82, 2.24) is 5.32 Å². The van der Waals surface area contributed by atoms with Crippen LogP contribution in [0.25, 0.3) is 0 Å². The number of benzene rings is 1. The van der Waals surface area contributed by atoms with E-state index in [-0.39, 0.29) is 17.6 Å². The molecule has 2 rings (SSSR count). The second kappa shape index (κ2) is 4.49. The molecule has 5 heteroatoms. The van der Waals surface area contributed by atoms with Crippen molar-refractivity contribution in [3.63, 3.8) is 0 Å². The summed E-state index contributed by atoms with van der Waals surface area (Å²) in [6.07, 6.45) is 1.76. The molecule has 0 unspecified atom stereocenters. The maximum atomic E-state index is 9.56. The lowest BCUT2D eigenvalue weighted by molar-refractivity contribution is 0.156. The molecule has 0 atom stereocenters. The van der Waals surface area contributed by atoms with Gasteiger partial charge in [-0.1, -0.05) is 0 Å². The van der Waals surface area contributed by atoms with Gasteiger partial charge in [0.15, 0.2) is 11.5 Å². The zero-order valence-electron chi connectivity index (χ0n) is 8.81. The molecule has 1 aliphatic heterocycles. The topological polar surface area (TPSA) is 82.0 Å². The molecular weight excluding hydrogens is 210 g/mol. The standard InChI is InChI=1S/C11H15NO4/c13-8-1-2-9(11(15)10(8)14)16-7-3-5-12-6-4-7/h1-2,7,12-15H,3-6H2. The minimum Gasteiger partial charge on any atom is -0.504 e. The largest absolute Gasteiger partial charge is 0.504 e. The number of hydrogen-bond donors (Lipinski definition) is 4.